The molecule has 200 valence electrons. The number of benzene rings is 1. The Morgan fingerprint density at radius 1 is 1.16 bits per heavy atom. The van der Waals surface area contributed by atoms with E-state index in [0.29, 0.717) is 11.4 Å². The van der Waals surface area contributed by atoms with Crippen molar-refractivity contribution in [2.75, 3.05) is 17.7 Å². The number of hydrogen-bond acceptors (Lipinski definition) is 6. The van der Waals surface area contributed by atoms with Gasteiger partial charge in [0, 0.05) is 26.4 Å². The van der Waals surface area contributed by atoms with E-state index in [1.807, 2.05) is 0 Å². The minimum absolute atomic E-state index is 0.0242. The zero-order valence-corrected chi connectivity index (χ0v) is 20.9. The molecule has 10 nitrogen and oxygen atoms in total. The molecular formula is C25H26F3N7O3. The van der Waals surface area contributed by atoms with E-state index in [9.17, 15) is 27.6 Å². The van der Waals surface area contributed by atoms with E-state index >= 15 is 0 Å². The molecule has 0 radical (unpaired) electrons. The molecule has 3 aromatic rings. The predicted molar refractivity (Wildman–Crippen MR) is 131 cm³/mol. The Morgan fingerprint density at radius 2 is 1.84 bits per heavy atom. The standard InChI is InChI=1S/C25H26F3N7O3/c1-4-18(14-11-16(26)21(28)17(27)12-14)32-25(38)35-22(24(37)33(2)20-6-8-31-34(20)3)15(23(35)36)9-13-5-7-30-19(29)10-13/h5-8,10-12,15,18,22H,4,9H2,1-3H3,(H2,29,30)(H,32,38)/t15-,18-,22+/m1/s1. The van der Waals surface area contributed by atoms with E-state index in [4.69, 9.17) is 5.73 Å². The SMILES string of the molecule is CC[C@@H](NC(=O)N1C(=O)[C@H](Cc2ccnc(N)c2)[C@H]1C(=O)N(C)c1ccnn1C)c1cc(F)c(F)c(F)c1. The normalized spacial score (nSPS) is 17.6. The summed E-state index contributed by atoms with van der Waals surface area (Å²) in [4.78, 5) is 46.1. The van der Waals surface area contributed by atoms with E-state index in [1.54, 1.807) is 32.2 Å². The van der Waals surface area contributed by atoms with Crippen molar-refractivity contribution in [1.82, 2.24) is 25.0 Å². The van der Waals surface area contributed by atoms with Gasteiger partial charge >= 0.3 is 6.03 Å². The van der Waals surface area contributed by atoms with Crippen molar-refractivity contribution in [1.29, 1.82) is 0 Å². The number of pyridine rings is 1. The molecule has 38 heavy (non-hydrogen) atoms. The van der Waals surface area contributed by atoms with Crippen molar-refractivity contribution in [2.24, 2.45) is 13.0 Å². The lowest BCUT2D eigenvalue weighted by molar-refractivity contribution is -0.156. The minimum Gasteiger partial charge on any atom is -0.384 e. The van der Waals surface area contributed by atoms with Crippen LogP contribution in [-0.2, 0) is 23.1 Å². The van der Waals surface area contributed by atoms with Crippen molar-refractivity contribution < 1.29 is 27.6 Å². The predicted octanol–water partition coefficient (Wildman–Crippen LogP) is 2.71. The Hall–Kier alpha value is -4.42. The Bertz CT molecular complexity index is 1370. The topological polar surface area (TPSA) is 126 Å². The summed E-state index contributed by atoms with van der Waals surface area (Å²) in [7, 11) is 3.14. The summed E-state index contributed by atoms with van der Waals surface area (Å²) in [5, 5.41) is 6.59. The van der Waals surface area contributed by atoms with Crippen molar-refractivity contribution in [3.05, 3.63) is 71.3 Å². The number of likely N-dealkylation sites (N-methyl/N-ethyl adjacent to an activating group) is 1. The molecule has 4 rings (SSSR count). The van der Waals surface area contributed by atoms with E-state index in [2.05, 4.69) is 15.4 Å². The van der Waals surface area contributed by atoms with Gasteiger partial charge in [-0.1, -0.05) is 6.92 Å². The van der Waals surface area contributed by atoms with E-state index in [-0.39, 0.29) is 24.2 Å². The number of amides is 4. The number of anilines is 2. The average Bonchev–Trinajstić information content (AvgIpc) is 3.31. The number of carbonyl (C=O) groups excluding carboxylic acids is 3. The lowest BCUT2D eigenvalue weighted by atomic mass is 9.81. The van der Waals surface area contributed by atoms with Gasteiger partial charge in [-0.25, -0.2) is 22.9 Å². The fourth-order valence-electron chi connectivity index (χ4n) is 4.55. The first-order chi connectivity index (χ1) is 18.0. The molecule has 1 saturated heterocycles. The van der Waals surface area contributed by atoms with Crippen LogP contribution in [0.15, 0.2) is 42.7 Å². The summed E-state index contributed by atoms with van der Waals surface area (Å²) in [6.07, 6.45) is 3.27. The second kappa shape index (κ2) is 10.5. The van der Waals surface area contributed by atoms with Gasteiger partial charge in [0.1, 0.15) is 17.7 Å². The summed E-state index contributed by atoms with van der Waals surface area (Å²) < 4.78 is 42.5. The van der Waals surface area contributed by atoms with E-state index in [1.165, 1.54) is 29.0 Å². The number of nitrogens with one attached hydrogen (secondary N) is 1. The zero-order valence-electron chi connectivity index (χ0n) is 20.9. The fourth-order valence-corrected chi connectivity index (χ4v) is 4.55. The van der Waals surface area contributed by atoms with Crippen molar-refractivity contribution >= 4 is 29.5 Å². The molecule has 1 fully saturated rings. The summed E-state index contributed by atoms with van der Waals surface area (Å²) >= 11 is 0. The highest BCUT2D eigenvalue weighted by Gasteiger charge is 2.55. The molecule has 0 bridgehead atoms. The molecule has 1 aliphatic rings. The number of aromatic nitrogens is 3. The number of hydrogen-bond donors (Lipinski definition) is 2. The van der Waals surface area contributed by atoms with Crippen LogP contribution in [0.2, 0.25) is 0 Å². The van der Waals surface area contributed by atoms with E-state index < -0.39 is 53.3 Å². The van der Waals surface area contributed by atoms with Gasteiger partial charge < -0.3 is 11.1 Å². The number of nitrogens with two attached hydrogens (primary N) is 1. The molecule has 13 heteroatoms. The van der Waals surface area contributed by atoms with Gasteiger partial charge in [0.25, 0.3) is 5.91 Å². The molecule has 0 saturated carbocycles. The highest BCUT2D eigenvalue weighted by Crippen LogP contribution is 2.33. The first-order valence-electron chi connectivity index (χ1n) is 11.8. The van der Waals surface area contributed by atoms with Crippen LogP contribution in [0.4, 0.5) is 29.6 Å². The Morgan fingerprint density at radius 3 is 2.42 bits per heavy atom. The van der Waals surface area contributed by atoms with Gasteiger partial charge in [-0.05, 0) is 48.2 Å². The van der Waals surface area contributed by atoms with Crippen LogP contribution in [0, 0.1) is 23.4 Å². The number of nitrogens with zero attached hydrogens (tertiary/aromatic N) is 5. The van der Waals surface area contributed by atoms with Crippen LogP contribution >= 0.6 is 0 Å². The van der Waals surface area contributed by atoms with Gasteiger partial charge in [0.15, 0.2) is 17.5 Å². The average molecular weight is 530 g/mol. The Labute approximate surface area is 216 Å². The van der Waals surface area contributed by atoms with Crippen LogP contribution in [0.3, 0.4) is 0 Å². The molecule has 3 N–H and O–H groups in total. The van der Waals surface area contributed by atoms with Crippen LogP contribution in [-0.4, -0.2) is 50.6 Å². The number of urea groups is 1. The van der Waals surface area contributed by atoms with Crippen LogP contribution in [0.25, 0.3) is 0 Å². The third-order valence-electron chi connectivity index (χ3n) is 6.57. The highest BCUT2D eigenvalue weighted by molar-refractivity contribution is 6.12. The first-order valence-corrected chi connectivity index (χ1v) is 11.8. The van der Waals surface area contributed by atoms with Gasteiger partial charge in [-0.3, -0.25) is 24.1 Å². The summed E-state index contributed by atoms with van der Waals surface area (Å²) in [6.45, 7) is 1.64. The maximum atomic E-state index is 13.8. The smallest absolute Gasteiger partial charge is 0.325 e. The molecule has 2 aromatic heterocycles. The first kappa shape index (κ1) is 26.6. The summed E-state index contributed by atoms with van der Waals surface area (Å²) in [5.74, 6) is -5.80. The quantitative estimate of drug-likeness (QED) is 0.358. The lowest BCUT2D eigenvalue weighted by Crippen LogP contribution is -2.70. The number of aryl methyl sites for hydroxylation is 1. The molecule has 1 aliphatic heterocycles. The second-order valence-electron chi connectivity index (χ2n) is 8.97. The molecule has 0 unspecified atom stereocenters. The van der Waals surface area contributed by atoms with Crippen molar-refractivity contribution in [3.8, 4) is 0 Å². The highest BCUT2D eigenvalue weighted by atomic mass is 19.2. The van der Waals surface area contributed by atoms with Crippen LogP contribution in [0.5, 0.6) is 0 Å². The van der Waals surface area contributed by atoms with E-state index in [0.717, 1.165) is 17.0 Å². The molecule has 4 amide bonds. The summed E-state index contributed by atoms with van der Waals surface area (Å²) in [6, 6.07) is 3.33. The molecule has 0 spiro atoms. The minimum atomic E-state index is -1.63. The van der Waals surface area contributed by atoms with Gasteiger partial charge in [0.2, 0.25) is 5.91 Å². The summed E-state index contributed by atoms with van der Waals surface area (Å²) in [5.41, 5.74) is 6.38. The number of halogens is 3. The molecule has 3 atom stereocenters. The van der Waals surface area contributed by atoms with Crippen molar-refractivity contribution in [3.63, 3.8) is 0 Å². The third kappa shape index (κ3) is 4.91. The molecule has 0 aliphatic carbocycles. The Balaban J connectivity index is 1.62. The fraction of sp³-hybridized carbons (Fsp3) is 0.320. The number of rotatable bonds is 7. The Kier molecular flexibility index (Phi) is 7.37. The monoisotopic (exact) mass is 529 g/mol. The second-order valence-corrected chi connectivity index (χ2v) is 8.97. The largest absolute Gasteiger partial charge is 0.384 e. The van der Waals surface area contributed by atoms with Gasteiger partial charge in [0.05, 0.1) is 18.2 Å². The number of carbonyl (C=O) groups is 3. The van der Waals surface area contributed by atoms with Crippen LogP contribution < -0.4 is 16.0 Å². The number of β-lactam (4-membered cyclic amide) rings is 1. The van der Waals surface area contributed by atoms with Gasteiger partial charge in [-0.2, -0.15) is 5.10 Å². The number of likely N-dealkylation sites (tertiary alicyclic amines) is 1. The van der Waals surface area contributed by atoms with Crippen molar-refractivity contribution in [2.45, 2.75) is 31.8 Å². The lowest BCUT2D eigenvalue weighted by Gasteiger charge is -2.46. The van der Waals surface area contributed by atoms with Crippen LogP contribution in [0.1, 0.15) is 30.5 Å². The molecule has 1 aromatic carbocycles. The third-order valence-corrected chi connectivity index (χ3v) is 6.57. The van der Waals surface area contributed by atoms with Gasteiger partial charge in [-0.15, -0.1) is 0 Å². The number of nitrogen functional groups attached to an aromatic ring is 1. The molecule has 3 heterocycles. The molecular weight excluding hydrogens is 503 g/mol. The number of imide groups is 1. The maximum Gasteiger partial charge on any atom is 0.325 e. The zero-order chi connectivity index (χ0) is 27.7. The maximum absolute atomic E-state index is 13.8.